The Kier molecular flexibility index (Phi) is 7.24. The van der Waals surface area contributed by atoms with Crippen molar-refractivity contribution in [3.63, 3.8) is 0 Å². The Morgan fingerprint density at radius 1 is 1.29 bits per heavy atom. The van der Waals surface area contributed by atoms with E-state index in [1.165, 1.54) is 0 Å². The van der Waals surface area contributed by atoms with Crippen molar-refractivity contribution < 1.29 is 13.9 Å². The molecule has 4 nitrogen and oxygen atoms in total. The molecule has 2 aliphatic heterocycles. The van der Waals surface area contributed by atoms with Crippen LogP contribution in [0, 0.1) is 5.92 Å². The van der Waals surface area contributed by atoms with Crippen molar-refractivity contribution >= 4 is 29.1 Å². The molecule has 1 amide bonds. The predicted molar refractivity (Wildman–Crippen MR) is 111 cm³/mol. The first-order chi connectivity index (χ1) is 13.2. The average Bonchev–Trinajstić information content (AvgIpc) is 2.59. The molecule has 3 rings (SSSR count). The third kappa shape index (κ3) is 6.06. The monoisotopic (exact) mass is 430 g/mol. The van der Waals surface area contributed by atoms with Crippen LogP contribution in [0.2, 0.25) is 10.0 Å². The van der Waals surface area contributed by atoms with Crippen molar-refractivity contribution in [1.29, 1.82) is 0 Å². The third-order valence-electron chi connectivity index (χ3n) is 5.66. The van der Waals surface area contributed by atoms with Crippen molar-refractivity contribution in [1.82, 2.24) is 10.2 Å². The molecule has 2 aliphatic rings. The molecule has 0 aromatic heterocycles. The number of hydrogen-bond acceptors (Lipinski definition) is 3. The Morgan fingerprint density at radius 3 is 2.64 bits per heavy atom. The Balaban J connectivity index is 1.45. The fourth-order valence-corrected chi connectivity index (χ4v) is 4.69. The van der Waals surface area contributed by atoms with E-state index in [-0.39, 0.29) is 23.5 Å². The van der Waals surface area contributed by atoms with Crippen molar-refractivity contribution in [2.45, 2.75) is 57.4 Å². The lowest BCUT2D eigenvalue weighted by molar-refractivity contribution is -0.118. The van der Waals surface area contributed by atoms with Crippen molar-refractivity contribution in [3.05, 3.63) is 33.8 Å². The van der Waals surface area contributed by atoms with Gasteiger partial charge in [-0.25, -0.2) is 4.39 Å². The van der Waals surface area contributed by atoms with Gasteiger partial charge in [-0.2, -0.15) is 0 Å². The van der Waals surface area contributed by atoms with Crippen LogP contribution in [0.1, 0.15) is 49.9 Å². The van der Waals surface area contributed by atoms with Crippen LogP contribution in [0.25, 0.3) is 0 Å². The van der Waals surface area contributed by atoms with Gasteiger partial charge >= 0.3 is 0 Å². The smallest absolute Gasteiger partial charge is 0.251 e. The van der Waals surface area contributed by atoms with Crippen molar-refractivity contribution in [3.8, 4) is 0 Å². The third-order valence-corrected chi connectivity index (χ3v) is 6.10. The summed E-state index contributed by atoms with van der Waals surface area (Å²) in [5.74, 6) is -0.463. The Morgan fingerprint density at radius 2 is 2.00 bits per heavy atom. The van der Waals surface area contributed by atoms with Crippen LogP contribution in [0.4, 0.5) is 4.39 Å². The first-order valence-corrected chi connectivity index (χ1v) is 10.8. The van der Waals surface area contributed by atoms with Crippen LogP contribution >= 0.6 is 23.2 Å². The highest BCUT2D eigenvalue weighted by molar-refractivity contribution is 6.35. The number of hydrogen-bond donors (Lipinski definition) is 1. The van der Waals surface area contributed by atoms with Gasteiger partial charge in [0, 0.05) is 41.2 Å². The van der Waals surface area contributed by atoms with Gasteiger partial charge in [0.1, 0.15) is 6.17 Å². The van der Waals surface area contributed by atoms with Crippen LogP contribution in [0.5, 0.6) is 0 Å². The number of nitrogens with one attached hydrogen (secondary N) is 1. The number of nitrogens with zero attached hydrogens (tertiary/aromatic N) is 1. The van der Waals surface area contributed by atoms with Crippen LogP contribution in [0.15, 0.2) is 18.2 Å². The zero-order valence-electron chi connectivity index (χ0n) is 16.5. The lowest BCUT2D eigenvalue weighted by Crippen LogP contribution is -2.49. The SMILES string of the molecule is CC1(C)CCCC(CN2CCC(CNC(=O)c3cc(Cl)cc(Cl)c3)C(F)C2)O1. The summed E-state index contributed by atoms with van der Waals surface area (Å²) in [6.45, 7) is 6.56. The topological polar surface area (TPSA) is 41.6 Å². The van der Waals surface area contributed by atoms with Crippen LogP contribution in [0.3, 0.4) is 0 Å². The number of ether oxygens (including phenoxy) is 1. The largest absolute Gasteiger partial charge is 0.371 e. The summed E-state index contributed by atoms with van der Waals surface area (Å²) in [4.78, 5) is 14.5. The highest BCUT2D eigenvalue weighted by Gasteiger charge is 2.33. The van der Waals surface area contributed by atoms with Gasteiger partial charge in [0.2, 0.25) is 0 Å². The van der Waals surface area contributed by atoms with Gasteiger partial charge in [0.15, 0.2) is 0 Å². The molecule has 0 saturated carbocycles. The minimum absolute atomic E-state index is 0.0795. The van der Waals surface area contributed by atoms with E-state index in [4.69, 9.17) is 27.9 Å². The maximum atomic E-state index is 14.7. The Bertz CT molecular complexity index is 681. The molecule has 28 heavy (non-hydrogen) atoms. The normalized spacial score (nSPS) is 28.1. The van der Waals surface area contributed by atoms with E-state index in [2.05, 4.69) is 24.1 Å². The fourth-order valence-electron chi connectivity index (χ4n) is 4.16. The summed E-state index contributed by atoms with van der Waals surface area (Å²) in [5.41, 5.74) is 0.312. The van der Waals surface area contributed by atoms with E-state index in [1.807, 2.05) is 0 Å². The summed E-state index contributed by atoms with van der Waals surface area (Å²) in [7, 11) is 0. The van der Waals surface area contributed by atoms with Gasteiger partial charge in [-0.1, -0.05) is 23.2 Å². The van der Waals surface area contributed by atoms with Gasteiger partial charge in [-0.3, -0.25) is 9.69 Å². The second kappa shape index (κ2) is 9.29. The molecular formula is C21H29Cl2FN2O2. The summed E-state index contributed by atoms with van der Waals surface area (Å²) in [6.07, 6.45) is 3.21. The zero-order valence-corrected chi connectivity index (χ0v) is 18.0. The summed E-state index contributed by atoms with van der Waals surface area (Å²) < 4.78 is 20.9. The molecule has 2 fully saturated rings. The van der Waals surface area contributed by atoms with Crippen LogP contribution in [-0.2, 0) is 4.74 Å². The molecule has 0 bridgehead atoms. The number of piperidine rings is 1. The molecule has 7 heteroatoms. The van der Waals surface area contributed by atoms with Gasteiger partial charge < -0.3 is 10.1 Å². The fraction of sp³-hybridized carbons (Fsp3) is 0.667. The van der Waals surface area contributed by atoms with E-state index in [1.54, 1.807) is 18.2 Å². The number of carbonyl (C=O) groups excluding carboxylic acids is 1. The number of carbonyl (C=O) groups is 1. The first-order valence-electron chi connectivity index (χ1n) is 10.0. The lowest BCUT2D eigenvalue weighted by Gasteiger charge is -2.41. The number of rotatable bonds is 5. The molecule has 1 N–H and O–H groups in total. The number of alkyl halides is 1. The van der Waals surface area contributed by atoms with Gasteiger partial charge in [0.05, 0.1) is 11.7 Å². The van der Waals surface area contributed by atoms with E-state index >= 15 is 0 Å². The van der Waals surface area contributed by atoms with Crippen LogP contribution in [-0.4, -0.2) is 54.9 Å². The average molecular weight is 431 g/mol. The molecule has 156 valence electrons. The predicted octanol–water partition coefficient (Wildman–Crippen LogP) is 4.73. The summed E-state index contributed by atoms with van der Waals surface area (Å²) in [6, 6.07) is 4.69. The molecule has 2 saturated heterocycles. The first kappa shape index (κ1) is 21.8. The molecule has 1 aromatic rings. The Hall–Kier alpha value is -0.880. The molecule has 3 atom stereocenters. The maximum absolute atomic E-state index is 14.7. The molecule has 0 aliphatic carbocycles. The minimum atomic E-state index is -0.964. The number of likely N-dealkylation sites (tertiary alicyclic amines) is 1. The maximum Gasteiger partial charge on any atom is 0.251 e. The minimum Gasteiger partial charge on any atom is -0.371 e. The Labute approximate surface area is 176 Å². The van der Waals surface area contributed by atoms with Crippen molar-refractivity contribution in [2.75, 3.05) is 26.2 Å². The summed E-state index contributed by atoms with van der Waals surface area (Å²) in [5, 5.41) is 3.63. The molecular weight excluding hydrogens is 402 g/mol. The van der Waals surface area contributed by atoms with Crippen molar-refractivity contribution in [2.24, 2.45) is 5.92 Å². The second-order valence-corrected chi connectivity index (χ2v) is 9.46. The molecule has 0 spiro atoms. The van der Waals surface area contributed by atoms with Crippen LogP contribution < -0.4 is 5.32 Å². The number of benzene rings is 1. The van der Waals surface area contributed by atoms with Gasteiger partial charge in [-0.15, -0.1) is 0 Å². The van der Waals surface area contributed by atoms with E-state index in [9.17, 15) is 9.18 Å². The van der Waals surface area contributed by atoms with Gasteiger partial charge in [0.25, 0.3) is 5.91 Å². The standard InChI is InChI=1S/C21H29Cl2FN2O2/c1-21(2)6-3-4-18(28-21)12-26-7-5-14(19(24)13-26)11-25-20(27)15-8-16(22)10-17(23)9-15/h8-10,14,18-19H,3-7,11-13H2,1-2H3,(H,25,27). The van der Waals surface area contributed by atoms with E-state index < -0.39 is 6.17 Å². The lowest BCUT2D eigenvalue weighted by atomic mass is 9.92. The van der Waals surface area contributed by atoms with Gasteiger partial charge in [-0.05, 0) is 64.3 Å². The van der Waals surface area contributed by atoms with E-state index in [0.717, 1.165) is 32.4 Å². The number of halogens is 3. The molecule has 0 radical (unpaired) electrons. The highest BCUT2D eigenvalue weighted by Crippen LogP contribution is 2.29. The molecule has 2 heterocycles. The highest BCUT2D eigenvalue weighted by atomic mass is 35.5. The molecule has 3 unspecified atom stereocenters. The molecule has 1 aromatic carbocycles. The number of amides is 1. The quantitative estimate of drug-likeness (QED) is 0.733. The second-order valence-electron chi connectivity index (χ2n) is 8.58. The zero-order chi connectivity index (χ0) is 20.3. The summed E-state index contributed by atoms with van der Waals surface area (Å²) >= 11 is 11.9. The van der Waals surface area contributed by atoms with E-state index in [0.29, 0.717) is 35.1 Å².